The van der Waals surface area contributed by atoms with Crippen LogP contribution in [0.15, 0.2) is 30.7 Å². The summed E-state index contributed by atoms with van der Waals surface area (Å²) >= 11 is 0. The largest absolute Gasteiger partial charge is 0.477 e. The summed E-state index contributed by atoms with van der Waals surface area (Å²) in [6.07, 6.45) is 4.93. The maximum atomic E-state index is 5.79. The fourth-order valence-corrected chi connectivity index (χ4v) is 1.96. The molecule has 0 saturated heterocycles. The lowest BCUT2D eigenvalue weighted by molar-refractivity contribution is 0.304. The van der Waals surface area contributed by atoms with Crippen LogP contribution >= 0.6 is 0 Å². The van der Waals surface area contributed by atoms with Gasteiger partial charge in [0.2, 0.25) is 5.88 Å². The van der Waals surface area contributed by atoms with E-state index >= 15 is 0 Å². The number of pyridine rings is 1. The van der Waals surface area contributed by atoms with Crippen molar-refractivity contribution in [1.82, 2.24) is 15.0 Å². The van der Waals surface area contributed by atoms with Crippen molar-refractivity contribution < 1.29 is 4.74 Å². The summed E-state index contributed by atoms with van der Waals surface area (Å²) in [7, 11) is 0. The normalized spacial score (nSPS) is 10.3. The molecule has 0 aliphatic carbocycles. The van der Waals surface area contributed by atoms with Gasteiger partial charge in [-0.3, -0.25) is 4.98 Å². The van der Waals surface area contributed by atoms with Crippen molar-refractivity contribution >= 4 is 5.82 Å². The van der Waals surface area contributed by atoms with Gasteiger partial charge in [0.25, 0.3) is 0 Å². The highest BCUT2D eigenvalue weighted by atomic mass is 16.5. The van der Waals surface area contributed by atoms with Gasteiger partial charge in [0, 0.05) is 24.9 Å². The first kappa shape index (κ1) is 14.2. The lowest BCUT2D eigenvalue weighted by Crippen LogP contribution is -2.09. The van der Waals surface area contributed by atoms with Crippen LogP contribution in [-0.4, -0.2) is 28.1 Å². The molecule has 5 heteroatoms. The molecule has 0 spiro atoms. The second-order valence-corrected chi connectivity index (χ2v) is 4.31. The van der Waals surface area contributed by atoms with E-state index in [0.717, 1.165) is 36.5 Å². The maximum Gasteiger partial charge on any atom is 0.221 e. The molecule has 0 aliphatic rings. The van der Waals surface area contributed by atoms with E-state index in [0.29, 0.717) is 12.5 Å². The van der Waals surface area contributed by atoms with Crippen molar-refractivity contribution in [3.63, 3.8) is 0 Å². The fourth-order valence-electron chi connectivity index (χ4n) is 1.96. The van der Waals surface area contributed by atoms with Gasteiger partial charge in [-0.25, -0.2) is 9.97 Å². The third-order valence-electron chi connectivity index (χ3n) is 2.93. The lowest BCUT2D eigenvalue weighted by Gasteiger charge is -2.12. The average molecular weight is 272 g/mol. The van der Waals surface area contributed by atoms with Gasteiger partial charge in [0.15, 0.2) is 0 Å². The smallest absolute Gasteiger partial charge is 0.221 e. The highest BCUT2D eigenvalue weighted by Gasteiger charge is 2.10. The summed E-state index contributed by atoms with van der Waals surface area (Å²) in [5, 5.41) is 3.23. The Balaban J connectivity index is 2.00. The Bertz CT molecular complexity index is 531. The number of rotatable bonds is 7. The third-order valence-corrected chi connectivity index (χ3v) is 2.93. The first-order chi connectivity index (χ1) is 9.85. The number of anilines is 1. The number of nitrogens with one attached hydrogen (secondary N) is 1. The molecular weight excluding hydrogens is 252 g/mol. The van der Waals surface area contributed by atoms with Gasteiger partial charge in [0.1, 0.15) is 12.1 Å². The number of hydrogen-bond donors (Lipinski definition) is 1. The van der Waals surface area contributed by atoms with Crippen LogP contribution in [0.1, 0.15) is 25.1 Å². The molecule has 0 aromatic carbocycles. The van der Waals surface area contributed by atoms with E-state index in [1.165, 1.54) is 6.33 Å². The molecule has 0 atom stereocenters. The van der Waals surface area contributed by atoms with E-state index in [2.05, 4.69) is 27.2 Å². The van der Waals surface area contributed by atoms with E-state index in [4.69, 9.17) is 4.74 Å². The molecule has 5 nitrogen and oxygen atoms in total. The number of aromatic nitrogens is 3. The van der Waals surface area contributed by atoms with Crippen molar-refractivity contribution in [3.8, 4) is 5.88 Å². The van der Waals surface area contributed by atoms with Crippen LogP contribution in [0.25, 0.3) is 0 Å². The number of ether oxygens (including phenoxy) is 1. The molecule has 0 saturated carbocycles. The van der Waals surface area contributed by atoms with Gasteiger partial charge in [-0.1, -0.05) is 13.0 Å². The minimum atomic E-state index is 0.562. The highest BCUT2D eigenvalue weighted by molar-refractivity contribution is 5.48. The standard InChI is InChI=1S/C15H20N4O/c1-3-13-14(16-4-2)18-11-19-15(13)20-10-8-12-7-5-6-9-17-12/h5-7,9,11H,3-4,8,10H2,1-2H3,(H,16,18,19). The van der Waals surface area contributed by atoms with Crippen LogP contribution in [0.3, 0.4) is 0 Å². The van der Waals surface area contributed by atoms with E-state index in [1.807, 2.05) is 25.1 Å². The molecule has 106 valence electrons. The van der Waals surface area contributed by atoms with Crippen molar-refractivity contribution in [3.05, 3.63) is 42.0 Å². The predicted molar refractivity (Wildman–Crippen MR) is 79.0 cm³/mol. The zero-order valence-corrected chi connectivity index (χ0v) is 12.0. The molecule has 1 N–H and O–H groups in total. The Hall–Kier alpha value is -2.17. The molecule has 2 aromatic heterocycles. The second-order valence-electron chi connectivity index (χ2n) is 4.31. The first-order valence-electron chi connectivity index (χ1n) is 6.95. The zero-order chi connectivity index (χ0) is 14.2. The quantitative estimate of drug-likeness (QED) is 0.839. The fraction of sp³-hybridized carbons (Fsp3) is 0.400. The first-order valence-corrected chi connectivity index (χ1v) is 6.95. The molecule has 0 fully saturated rings. The number of hydrogen-bond acceptors (Lipinski definition) is 5. The summed E-state index contributed by atoms with van der Waals surface area (Å²) in [5.74, 6) is 1.52. The second kappa shape index (κ2) is 7.43. The van der Waals surface area contributed by atoms with Crippen molar-refractivity contribution in [2.24, 2.45) is 0 Å². The van der Waals surface area contributed by atoms with E-state index in [-0.39, 0.29) is 0 Å². The minimum Gasteiger partial charge on any atom is -0.477 e. The Morgan fingerprint density at radius 3 is 2.75 bits per heavy atom. The van der Waals surface area contributed by atoms with Crippen LogP contribution < -0.4 is 10.1 Å². The van der Waals surface area contributed by atoms with Crippen LogP contribution in [0, 0.1) is 0 Å². The summed E-state index contributed by atoms with van der Waals surface area (Å²) in [5.41, 5.74) is 2.04. The van der Waals surface area contributed by atoms with Crippen LogP contribution in [-0.2, 0) is 12.8 Å². The van der Waals surface area contributed by atoms with Crippen molar-refractivity contribution in [2.45, 2.75) is 26.7 Å². The Labute approximate surface area is 119 Å². The van der Waals surface area contributed by atoms with Crippen LogP contribution in [0.2, 0.25) is 0 Å². The third kappa shape index (κ3) is 3.66. The van der Waals surface area contributed by atoms with Crippen LogP contribution in [0.5, 0.6) is 5.88 Å². The topological polar surface area (TPSA) is 59.9 Å². The summed E-state index contributed by atoms with van der Waals surface area (Å²) in [6.45, 7) is 5.51. The molecular formula is C15H20N4O. The van der Waals surface area contributed by atoms with Gasteiger partial charge < -0.3 is 10.1 Å². The van der Waals surface area contributed by atoms with E-state index < -0.39 is 0 Å². The summed E-state index contributed by atoms with van der Waals surface area (Å²) in [4.78, 5) is 12.8. The molecule has 2 heterocycles. The van der Waals surface area contributed by atoms with Crippen molar-refractivity contribution in [2.75, 3.05) is 18.5 Å². The van der Waals surface area contributed by atoms with Crippen LogP contribution in [0.4, 0.5) is 5.82 Å². The van der Waals surface area contributed by atoms with Gasteiger partial charge >= 0.3 is 0 Å². The molecule has 20 heavy (non-hydrogen) atoms. The van der Waals surface area contributed by atoms with E-state index in [1.54, 1.807) is 6.20 Å². The Morgan fingerprint density at radius 2 is 2.05 bits per heavy atom. The molecule has 0 bridgehead atoms. The summed E-state index contributed by atoms with van der Waals surface area (Å²) in [6, 6.07) is 5.88. The monoisotopic (exact) mass is 272 g/mol. The SMILES string of the molecule is CCNc1ncnc(OCCc2ccccn2)c1CC. The zero-order valence-electron chi connectivity index (χ0n) is 12.0. The average Bonchev–Trinajstić information content (AvgIpc) is 2.49. The van der Waals surface area contributed by atoms with Crippen molar-refractivity contribution in [1.29, 1.82) is 0 Å². The van der Waals surface area contributed by atoms with Gasteiger partial charge in [0.05, 0.1) is 12.2 Å². The molecule has 0 radical (unpaired) electrons. The maximum absolute atomic E-state index is 5.79. The van der Waals surface area contributed by atoms with Gasteiger partial charge in [-0.15, -0.1) is 0 Å². The minimum absolute atomic E-state index is 0.562. The van der Waals surface area contributed by atoms with E-state index in [9.17, 15) is 0 Å². The molecule has 0 unspecified atom stereocenters. The molecule has 2 rings (SSSR count). The molecule has 0 amide bonds. The summed E-state index contributed by atoms with van der Waals surface area (Å²) < 4.78 is 5.79. The molecule has 0 aliphatic heterocycles. The number of nitrogens with zero attached hydrogens (tertiary/aromatic N) is 3. The van der Waals surface area contributed by atoms with Gasteiger partial charge in [-0.05, 0) is 25.5 Å². The molecule has 2 aromatic rings. The van der Waals surface area contributed by atoms with Gasteiger partial charge in [-0.2, -0.15) is 0 Å². The Kier molecular flexibility index (Phi) is 5.29. The highest BCUT2D eigenvalue weighted by Crippen LogP contribution is 2.22. The lowest BCUT2D eigenvalue weighted by atomic mass is 10.2. The Morgan fingerprint density at radius 1 is 1.15 bits per heavy atom. The predicted octanol–water partition coefficient (Wildman–Crippen LogP) is 2.49.